The third kappa shape index (κ3) is 6.09. The number of hydrogen-bond acceptors (Lipinski definition) is 1. The Morgan fingerprint density at radius 2 is 1.97 bits per heavy atom. The molecule has 0 spiro atoms. The van der Waals surface area contributed by atoms with Crippen LogP contribution in [0.15, 0.2) is 66.9 Å². The lowest BCUT2D eigenvalue weighted by Gasteiger charge is -2.24. The third-order valence-corrected chi connectivity index (χ3v) is 4.90. The molecule has 152 valence electrons. The molecule has 0 radical (unpaired) electrons. The maximum Gasteiger partial charge on any atom is 0.322 e. The van der Waals surface area contributed by atoms with Crippen molar-refractivity contribution < 1.29 is 9.18 Å². The maximum atomic E-state index is 13.5. The molecule has 0 saturated carbocycles. The van der Waals surface area contributed by atoms with Crippen molar-refractivity contribution in [1.29, 1.82) is 0 Å². The first kappa shape index (κ1) is 20.9. The predicted octanol–water partition coefficient (Wildman–Crippen LogP) is 6.16. The van der Waals surface area contributed by atoms with Gasteiger partial charge in [0.2, 0.25) is 0 Å². The summed E-state index contributed by atoms with van der Waals surface area (Å²) in [7, 11) is 0. The Kier molecular flexibility index (Phi) is 7.30. The Morgan fingerprint density at radius 1 is 1.14 bits per heavy atom. The lowest BCUT2D eigenvalue weighted by atomic mass is 10.2. The number of unbranched alkanes of at least 4 members (excludes halogenated alkanes) is 1. The third-order valence-electron chi connectivity index (χ3n) is 4.66. The highest BCUT2D eigenvalue weighted by molar-refractivity contribution is 6.30. The molecule has 0 saturated heterocycles. The Balaban J connectivity index is 1.73. The molecule has 29 heavy (non-hydrogen) atoms. The van der Waals surface area contributed by atoms with Crippen LogP contribution in [-0.2, 0) is 13.1 Å². The first-order valence-corrected chi connectivity index (χ1v) is 10.1. The number of aromatic nitrogens is 1. The summed E-state index contributed by atoms with van der Waals surface area (Å²) >= 11 is 6.02. The summed E-state index contributed by atoms with van der Waals surface area (Å²) in [5.41, 5.74) is 2.54. The van der Waals surface area contributed by atoms with Crippen LogP contribution in [0.2, 0.25) is 5.02 Å². The molecule has 0 atom stereocenters. The lowest BCUT2D eigenvalue weighted by Crippen LogP contribution is -2.36. The molecule has 0 aliphatic rings. The Hall–Kier alpha value is -2.79. The van der Waals surface area contributed by atoms with Gasteiger partial charge < -0.3 is 14.8 Å². The van der Waals surface area contributed by atoms with Gasteiger partial charge in [-0.25, -0.2) is 9.18 Å². The van der Waals surface area contributed by atoms with E-state index < -0.39 is 0 Å². The molecule has 0 aliphatic carbocycles. The summed E-state index contributed by atoms with van der Waals surface area (Å²) in [6.45, 7) is 3.76. The van der Waals surface area contributed by atoms with E-state index in [4.69, 9.17) is 11.6 Å². The fourth-order valence-corrected chi connectivity index (χ4v) is 3.34. The number of rotatable bonds is 8. The van der Waals surface area contributed by atoms with Crippen molar-refractivity contribution >= 4 is 23.3 Å². The van der Waals surface area contributed by atoms with Gasteiger partial charge in [-0.15, -0.1) is 0 Å². The number of halogens is 2. The van der Waals surface area contributed by atoms with Crippen LogP contribution in [0.5, 0.6) is 0 Å². The second kappa shape index (κ2) is 10.1. The van der Waals surface area contributed by atoms with Gasteiger partial charge >= 0.3 is 6.03 Å². The predicted molar refractivity (Wildman–Crippen MR) is 116 cm³/mol. The summed E-state index contributed by atoms with van der Waals surface area (Å²) in [5, 5.41) is 3.50. The molecule has 2 amide bonds. The van der Waals surface area contributed by atoms with Gasteiger partial charge in [0, 0.05) is 35.7 Å². The van der Waals surface area contributed by atoms with Crippen LogP contribution < -0.4 is 5.32 Å². The molecule has 2 aromatic carbocycles. The van der Waals surface area contributed by atoms with Crippen molar-refractivity contribution in [1.82, 2.24) is 9.47 Å². The number of hydrogen-bond donors (Lipinski definition) is 1. The van der Waals surface area contributed by atoms with E-state index in [9.17, 15) is 9.18 Å². The normalized spacial score (nSPS) is 10.7. The summed E-state index contributed by atoms with van der Waals surface area (Å²) in [4.78, 5) is 14.7. The maximum absolute atomic E-state index is 13.5. The highest BCUT2D eigenvalue weighted by atomic mass is 35.5. The SMILES string of the molecule is CCCCN(Cc1cccn1Cc1cccc(F)c1)C(=O)Nc1cccc(Cl)c1. The lowest BCUT2D eigenvalue weighted by molar-refractivity contribution is 0.207. The van der Waals surface area contributed by atoms with Crippen molar-refractivity contribution in [3.63, 3.8) is 0 Å². The zero-order chi connectivity index (χ0) is 20.6. The number of anilines is 1. The smallest absolute Gasteiger partial charge is 0.322 e. The number of amides is 2. The number of carbonyl (C=O) groups is 1. The molecule has 1 N–H and O–H groups in total. The minimum absolute atomic E-state index is 0.167. The molecule has 0 fully saturated rings. The molecular weight excluding hydrogens is 389 g/mol. The van der Waals surface area contributed by atoms with E-state index >= 15 is 0 Å². The molecule has 1 heterocycles. The van der Waals surface area contributed by atoms with E-state index in [0.29, 0.717) is 30.3 Å². The van der Waals surface area contributed by atoms with Crippen molar-refractivity contribution in [2.45, 2.75) is 32.9 Å². The molecule has 1 aromatic heterocycles. The monoisotopic (exact) mass is 413 g/mol. The van der Waals surface area contributed by atoms with Gasteiger partial charge in [0.05, 0.1) is 6.54 Å². The fraction of sp³-hybridized carbons (Fsp3) is 0.261. The van der Waals surface area contributed by atoms with Gasteiger partial charge in [0.25, 0.3) is 0 Å². The minimum Gasteiger partial charge on any atom is -0.345 e. The van der Waals surface area contributed by atoms with Gasteiger partial charge in [0.15, 0.2) is 0 Å². The summed E-state index contributed by atoms with van der Waals surface area (Å²) < 4.78 is 15.5. The van der Waals surface area contributed by atoms with E-state index in [1.54, 1.807) is 29.2 Å². The Morgan fingerprint density at radius 3 is 2.72 bits per heavy atom. The highest BCUT2D eigenvalue weighted by Crippen LogP contribution is 2.17. The second-order valence-electron chi connectivity index (χ2n) is 6.97. The largest absolute Gasteiger partial charge is 0.345 e. The van der Waals surface area contributed by atoms with Gasteiger partial charge in [-0.3, -0.25) is 0 Å². The van der Waals surface area contributed by atoms with Gasteiger partial charge in [-0.05, 0) is 54.4 Å². The van der Waals surface area contributed by atoms with E-state index in [0.717, 1.165) is 24.1 Å². The quantitative estimate of drug-likeness (QED) is 0.471. The second-order valence-corrected chi connectivity index (χ2v) is 7.41. The van der Waals surface area contributed by atoms with Crippen LogP contribution in [0.4, 0.5) is 14.9 Å². The van der Waals surface area contributed by atoms with E-state index in [1.807, 2.05) is 35.0 Å². The van der Waals surface area contributed by atoms with Crippen LogP contribution in [0, 0.1) is 5.82 Å². The first-order chi connectivity index (χ1) is 14.0. The zero-order valence-corrected chi connectivity index (χ0v) is 17.2. The topological polar surface area (TPSA) is 37.3 Å². The fourth-order valence-electron chi connectivity index (χ4n) is 3.14. The minimum atomic E-state index is -0.248. The number of carbonyl (C=O) groups excluding carboxylic acids is 1. The van der Waals surface area contributed by atoms with Crippen molar-refractivity contribution in [2.24, 2.45) is 0 Å². The number of nitrogens with one attached hydrogen (secondary N) is 1. The zero-order valence-electron chi connectivity index (χ0n) is 16.4. The number of nitrogens with zero attached hydrogens (tertiary/aromatic N) is 2. The van der Waals surface area contributed by atoms with Crippen molar-refractivity contribution in [2.75, 3.05) is 11.9 Å². The van der Waals surface area contributed by atoms with E-state index in [1.165, 1.54) is 12.1 Å². The molecule has 0 unspecified atom stereocenters. The molecule has 4 nitrogen and oxygen atoms in total. The molecular formula is C23H25ClFN3O. The molecule has 6 heteroatoms. The van der Waals surface area contributed by atoms with Crippen molar-refractivity contribution in [3.05, 3.63) is 89.0 Å². The van der Waals surface area contributed by atoms with Crippen LogP contribution in [0.25, 0.3) is 0 Å². The average Bonchev–Trinajstić information content (AvgIpc) is 3.11. The van der Waals surface area contributed by atoms with Crippen LogP contribution >= 0.6 is 11.6 Å². The van der Waals surface area contributed by atoms with Crippen LogP contribution in [0.1, 0.15) is 31.0 Å². The van der Waals surface area contributed by atoms with Crippen molar-refractivity contribution in [3.8, 4) is 0 Å². The molecule has 3 aromatic rings. The highest BCUT2D eigenvalue weighted by Gasteiger charge is 2.16. The number of urea groups is 1. The Bertz CT molecular complexity index is 957. The standard InChI is InChI=1S/C23H25ClFN3O/c1-2-3-12-28(23(29)26-21-10-5-8-19(24)15-21)17-22-11-6-13-27(22)16-18-7-4-9-20(25)14-18/h4-11,13-15H,2-3,12,16-17H2,1H3,(H,26,29). The van der Waals surface area contributed by atoms with E-state index in [2.05, 4.69) is 12.2 Å². The Labute approximate surface area is 175 Å². The summed E-state index contributed by atoms with van der Waals surface area (Å²) in [5.74, 6) is -0.248. The summed E-state index contributed by atoms with van der Waals surface area (Å²) in [6, 6.07) is 17.5. The van der Waals surface area contributed by atoms with Crippen LogP contribution in [0.3, 0.4) is 0 Å². The van der Waals surface area contributed by atoms with E-state index in [-0.39, 0.29) is 11.8 Å². The molecule has 3 rings (SSSR count). The van der Waals surface area contributed by atoms with Gasteiger partial charge in [0.1, 0.15) is 5.82 Å². The van der Waals surface area contributed by atoms with Gasteiger partial charge in [-0.2, -0.15) is 0 Å². The number of benzene rings is 2. The molecule has 0 bridgehead atoms. The van der Waals surface area contributed by atoms with Crippen LogP contribution in [-0.4, -0.2) is 22.0 Å². The average molecular weight is 414 g/mol. The summed E-state index contributed by atoms with van der Waals surface area (Å²) in [6.07, 6.45) is 3.85. The first-order valence-electron chi connectivity index (χ1n) is 9.75. The van der Waals surface area contributed by atoms with Gasteiger partial charge in [-0.1, -0.05) is 43.1 Å². The molecule has 0 aliphatic heterocycles.